The second-order valence-corrected chi connectivity index (χ2v) is 6.36. The van der Waals surface area contributed by atoms with Gasteiger partial charge in [-0.1, -0.05) is 42.3 Å². The third-order valence-electron chi connectivity index (χ3n) is 4.27. The van der Waals surface area contributed by atoms with Crippen molar-refractivity contribution in [3.63, 3.8) is 0 Å². The molecule has 1 aromatic rings. The Morgan fingerprint density at radius 2 is 1.96 bits per heavy atom. The number of fused-ring (bicyclic) bond motifs is 3. The third-order valence-corrected chi connectivity index (χ3v) is 4.27. The average molecular weight is 361 g/mol. The molecule has 1 heterocycles. The smallest absolute Gasteiger partial charge is 0.226 e. The summed E-state index contributed by atoms with van der Waals surface area (Å²) in [6, 6.07) is 7.34. The summed E-state index contributed by atoms with van der Waals surface area (Å²) in [4.78, 5) is 24.0. The summed E-state index contributed by atoms with van der Waals surface area (Å²) in [6.45, 7) is 1.09. The number of allylic oxidation sites excluding steroid dienone is 6. The Morgan fingerprint density at radius 1 is 1.22 bits per heavy atom. The molecule has 0 unspecified atom stereocenters. The van der Waals surface area contributed by atoms with Crippen LogP contribution in [0.4, 0.5) is 4.39 Å². The molecule has 0 aromatic heterocycles. The quantitative estimate of drug-likeness (QED) is 0.606. The van der Waals surface area contributed by atoms with E-state index in [1.54, 1.807) is 36.1 Å². The molecule has 1 aliphatic heterocycles. The van der Waals surface area contributed by atoms with Gasteiger partial charge in [-0.25, -0.2) is 14.4 Å². The van der Waals surface area contributed by atoms with Crippen LogP contribution in [0.5, 0.6) is 0 Å². The number of carbonyl (C=O) groups is 1. The number of Topliss-reactive ketones (excluding diaryl/α,β-unsaturated/α-hetero) is 1. The molecule has 3 rings (SSSR count). The number of carbonyl (C=O) groups excluding carboxylic acids is 1. The zero-order valence-electron chi connectivity index (χ0n) is 15.6. The lowest BCUT2D eigenvalue weighted by Crippen LogP contribution is -2.21. The van der Waals surface area contributed by atoms with Crippen molar-refractivity contribution in [3.05, 3.63) is 70.5 Å². The molecule has 0 radical (unpaired) electrons. The van der Waals surface area contributed by atoms with Crippen LogP contribution in [0.3, 0.4) is 0 Å². The lowest BCUT2D eigenvalue weighted by molar-refractivity contribution is 0.103. The Hall–Kier alpha value is -3.26. The van der Waals surface area contributed by atoms with Crippen molar-refractivity contribution < 1.29 is 9.18 Å². The zero-order valence-corrected chi connectivity index (χ0v) is 15.6. The van der Waals surface area contributed by atoms with E-state index in [2.05, 4.69) is 21.8 Å². The molecule has 2 aliphatic rings. The van der Waals surface area contributed by atoms with Crippen molar-refractivity contribution in [1.82, 2.24) is 4.90 Å². The minimum absolute atomic E-state index is 0.125. The number of halogens is 1. The topological polar surface area (TPSA) is 45.0 Å². The van der Waals surface area contributed by atoms with E-state index in [9.17, 15) is 9.18 Å². The van der Waals surface area contributed by atoms with Gasteiger partial charge >= 0.3 is 0 Å². The van der Waals surface area contributed by atoms with Crippen molar-refractivity contribution in [2.24, 2.45) is 9.98 Å². The second-order valence-electron chi connectivity index (χ2n) is 6.36. The fourth-order valence-corrected chi connectivity index (χ4v) is 2.94. The fraction of sp³-hybridized carbons (Fsp3) is 0.227. The number of ketones is 1. The highest BCUT2D eigenvalue weighted by Gasteiger charge is 2.34. The van der Waals surface area contributed by atoms with Gasteiger partial charge in [0.2, 0.25) is 5.96 Å². The van der Waals surface area contributed by atoms with Gasteiger partial charge in [0.1, 0.15) is 18.1 Å². The fourth-order valence-electron chi connectivity index (χ4n) is 2.94. The summed E-state index contributed by atoms with van der Waals surface area (Å²) in [5, 5.41) is 0. The zero-order chi connectivity index (χ0) is 19.4. The first-order chi connectivity index (χ1) is 13.1. The summed E-state index contributed by atoms with van der Waals surface area (Å²) in [5.41, 5.74) is 3.53. The van der Waals surface area contributed by atoms with Gasteiger partial charge in [-0.15, -0.1) is 5.92 Å². The van der Waals surface area contributed by atoms with Crippen LogP contribution >= 0.6 is 0 Å². The Kier molecular flexibility index (Phi) is 5.46. The van der Waals surface area contributed by atoms with Crippen molar-refractivity contribution in [3.8, 4) is 11.8 Å². The molecule has 1 aromatic carbocycles. The molecule has 0 spiro atoms. The number of aliphatic imine (C=N–C) groups is 2. The molecule has 1 aliphatic carbocycles. The second kappa shape index (κ2) is 7.96. The van der Waals surface area contributed by atoms with Crippen LogP contribution in [0.2, 0.25) is 0 Å². The average Bonchev–Trinajstić information content (AvgIpc) is 3.12. The predicted octanol–water partition coefficient (Wildman–Crippen LogP) is 3.72. The lowest BCUT2D eigenvalue weighted by Gasteiger charge is -2.19. The van der Waals surface area contributed by atoms with Crippen LogP contribution in [0.25, 0.3) is 0 Å². The Bertz CT molecular complexity index is 998. The monoisotopic (exact) mass is 361 g/mol. The number of guanidine groups is 1. The van der Waals surface area contributed by atoms with E-state index in [1.165, 1.54) is 0 Å². The number of nitrogens with zero attached hydrogens (tertiary/aromatic N) is 3. The van der Waals surface area contributed by atoms with Gasteiger partial charge in [0.25, 0.3) is 0 Å². The molecule has 0 amide bonds. The maximum Gasteiger partial charge on any atom is 0.226 e. The lowest BCUT2D eigenvalue weighted by atomic mass is 9.84. The standard InChI is InChI=1S/C22H20FN3O/c1-4-5-6-7-10-15(14-23)13-18-20-19(24-22(25-20)26(2)3)16-11-8-9-12-17(16)21(18)27/h6-12H,13-14H2,1-3H3/b7-6-,15-10-. The Balaban J connectivity index is 2.07. The molecule has 0 N–H and O–H groups in total. The normalized spacial score (nSPS) is 15.9. The van der Waals surface area contributed by atoms with E-state index in [0.29, 0.717) is 34.1 Å². The van der Waals surface area contributed by atoms with Gasteiger partial charge in [-0.2, -0.15) is 0 Å². The molecular formula is C22H20FN3O. The minimum Gasteiger partial charge on any atom is -0.347 e. The van der Waals surface area contributed by atoms with E-state index in [-0.39, 0.29) is 12.2 Å². The molecule has 4 nitrogen and oxygen atoms in total. The van der Waals surface area contributed by atoms with Gasteiger partial charge in [-0.3, -0.25) is 4.79 Å². The Morgan fingerprint density at radius 3 is 2.63 bits per heavy atom. The van der Waals surface area contributed by atoms with Gasteiger partial charge < -0.3 is 4.90 Å². The van der Waals surface area contributed by atoms with E-state index in [0.717, 1.165) is 5.56 Å². The first kappa shape index (κ1) is 18.5. The third kappa shape index (κ3) is 3.65. The van der Waals surface area contributed by atoms with E-state index < -0.39 is 6.67 Å². The molecule has 0 atom stereocenters. The summed E-state index contributed by atoms with van der Waals surface area (Å²) in [5.74, 6) is 5.94. The number of alkyl halides is 1. The number of hydrogen-bond acceptors (Lipinski definition) is 4. The minimum atomic E-state index is -0.646. The first-order valence-electron chi connectivity index (χ1n) is 8.62. The van der Waals surface area contributed by atoms with Crippen molar-refractivity contribution in [1.29, 1.82) is 0 Å². The summed E-state index contributed by atoms with van der Waals surface area (Å²) >= 11 is 0. The highest BCUT2D eigenvalue weighted by atomic mass is 19.1. The van der Waals surface area contributed by atoms with Crippen molar-refractivity contribution in [2.75, 3.05) is 20.8 Å². The SMILES string of the molecule is CC#C/C=C\C=C(/CF)CC1=C2N=C(N(C)C)N=C2c2ccccc2C1=O. The predicted molar refractivity (Wildman–Crippen MR) is 107 cm³/mol. The van der Waals surface area contributed by atoms with E-state index >= 15 is 0 Å². The van der Waals surface area contributed by atoms with Gasteiger partial charge in [0, 0.05) is 37.2 Å². The van der Waals surface area contributed by atoms with E-state index in [1.807, 2.05) is 32.3 Å². The summed E-state index contributed by atoms with van der Waals surface area (Å²) in [7, 11) is 3.70. The molecule has 0 fully saturated rings. The van der Waals surface area contributed by atoms with Crippen LogP contribution in [0.1, 0.15) is 29.3 Å². The van der Waals surface area contributed by atoms with Crippen LogP contribution in [-0.2, 0) is 0 Å². The van der Waals surface area contributed by atoms with Gasteiger partial charge in [0.15, 0.2) is 5.78 Å². The Labute approximate surface area is 158 Å². The van der Waals surface area contributed by atoms with Crippen LogP contribution in [0, 0.1) is 11.8 Å². The molecule has 0 bridgehead atoms. The number of rotatable bonds is 4. The summed E-state index contributed by atoms with van der Waals surface area (Å²) in [6.07, 6.45) is 5.19. The maximum absolute atomic E-state index is 13.5. The molecule has 0 saturated heterocycles. The molecule has 136 valence electrons. The highest BCUT2D eigenvalue weighted by molar-refractivity contribution is 6.32. The van der Waals surface area contributed by atoms with Crippen LogP contribution in [0.15, 0.2) is 69.3 Å². The van der Waals surface area contributed by atoms with Crippen LogP contribution in [-0.4, -0.2) is 43.1 Å². The summed E-state index contributed by atoms with van der Waals surface area (Å²) < 4.78 is 13.5. The number of hydrogen-bond donors (Lipinski definition) is 0. The van der Waals surface area contributed by atoms with Gasteiger partial charge in [-0.05, 0) is 18.6 Å². The first-order valence-corrected chi connectivity index (χ1v) is 8.62. The number of benzene rings is 1. The largest absolute Gasteiger partial charge is 0.347 e. The maximum atomic E-state index is 13.5. The molecule has 27 heavy (non-hydrogen) atoms. The van der Waals surface area contributed by atoms with Gasteiger partial charge in [0.05, 0.1) is 0 Å². The van der Waals surface area contributed by atoms with E-state index in [4.69, 9.17) is 0 Å². The van der Waals surface area contributed by atoms with Crippen molar-refractivity contribution in [2.45, 2.75) is 13.3 Å². The molecule has 5 heteroatoms. The molecule has 0 saturated carbocycles. The highest BCUT2D eigenvalue weighted by Crippen LogP contribution is 2.33. The molecular weight excluding hydrogens is 341 g/mol. The van der Waals surface area contributed by atoms with Crippen LogP contribution < -0.4 is 0 Å². The van der Waals surface area contributed by atoms with Crippen molar-refractivity contribution >= 4 is 17.5 Å².